The molecule has 1 aromatic heterocycles. The Bertz CT molecular complexity index is 1110. The number of rotatable bonds is 6. The van der Waals surface area contributed by atoms with Crippen LogP contribution in [0.5, 0.6) is 11.5 Å². The molecule has 0 atom stereocenters. The largest absolute Gasteiger partial charge is 0.497 e. The quantitative estimate of drug-likeness (QED) is 0.525. The van der Waals surface area contributed by atoms with E-state index in [1.165, 1.54) is 0 Å². The molecular formula is C22H19N3O3. The van der Waals surface area contributed by atoms with Crippen LogP contribution in [-0.4, -0.2) is 23.2 Å². The second-order valence-corrected chi connectivity index (χ2v) is 6.24. The number of hydrogen-bond donors (Lipinski definition) is 2. The number of methoxy groups -OCH3 is 1. The molecule has 0 bridgehead atoms. The van der Waals surface area contributed by atoms with Crippen LogP contribution in [0.3, 0.4) is 0 Å². The number of aromatic nitrogens is 2. The van der Waals surface area contributed by atoms with E-state index in [1.807, 2.05) is 60.7 Å². The predicted molar refractivity (Wildman–Crippen MR) is 108 cm³/mol. The van der Waals surface area contributed by atoms with Crippen LogP contribution in [0, 0.1) is 0 Å². The molecule has 0 spiro atoms. The third-order valence-corrected chi connectivity index (χ3v) is 4.34. The van der Waals surface area contributed by atoms with Gasteiger partial charge in [-0.05, 0) is 48.0 Å². The molecule has 4 rings (SSSR count). The molecule has 0 saturated heterocycles. The van der Waals surface area contributed by atoms with Crippen LogP contribution >= 0.6 is 0 Å². The molecule has 6 nitrogen and oxygen atoms in total. The molecule has 140 valence electrons. The zero-order valence-corrected chi connectivity index (χ0v) is 15.3. The highest BCUT2D eigenvalue weighted by molar-refractivity contribution is 6.07. The molecular weight excluding hydrogens is 354 g/mol. The molecule has 2 N–H and O–H groups in total. The lowest BCUT2D eigenvalue weighted by Gasteiger charge is -2.08. The Morgan fingerprint density at radius 2 is 1.86 bits per heavy atom. The first-order valence-corrected chi connectivity index (χ1v) is 8.83. The third kappa shape index (κ3) is 3.81. The number of nitrogens with zero attached hydrogens (tertiary/aromatic N) is 1. The summed E-state index contributed by atoms with van der Waals surface area (Å²) in [6.07, 6.45) is 0. The monoisotopic (exact) mass is 373 g/mol. The summed E-state index contributed by atoms with van der Waals surface area (Å²) in [5, 5.41) is 10.8. The van der Waals surface area contributed by atoms with Gasteiger partial charge in [-0.15, -0.1) is 0 Å². The van der Waals surface area contributed by atoms with Crippen molar-refractivity contribution in [3.05, 3.63) is 83.9 Å². The average molecular weight is 373 g/mol. The van der Waals surface area contributed by atoms with Crippen molar-refractivity contribution in [2.45, 2.75) is 6.61 Å². The summed E-state index contributed by atoms with van der Waals surface area (Å²) in [6.45, 7) is 0.409. The molecule has 1 amide bonds. The molecule has 0 aliphatic rings. The van der Waals surface area contributed by atoms with Crippen molar-refractivity contribution in [1.82, 2.24) is 10.2 Å². The maximum Gasteiger partial charge on any atom is 0.256 e. The van der Waals surface area contributed by atoms with E-state index in [-0.39, 0.29) is 5.91 Å². The van der Waals surface area contributed by atoms with Crippen LogP contribution in [-0.2, 0) is 6.61 Å². The van der Waals surface area contributed by atoms with Gasteiger partial charge in [0.05, 0.1) is 12.6 Å². The van der Waals surface area contributed by atoms with Crippen molar-refractivity contribution in [2.24, 2.45) is 0 Å². The number of carbonyl (C=O) groups is 1. The summed E-state index contributed by atoms with van der Waals surface area (Å²) in [4.78, 5) is 12.4. The second kappa shape index (κ2) is 7.84. The Labute approximate surface area is 162 Å². The summed E-state index contributed by atoms with van der Waals surface area (Å²) >= 11 is 0. The van der Waals surface area contributed by atoms with Crippen molar-refractivity contribution in [2.75, 3.05) is 12.4 Å². The molecule has 0 unspecified atom stereocenters. The predicted octanol–water partition coefficient (Wildman–Crippen LogP) is 4.40. The number of aromatic amines is 1. The number of benzene rings is 3. The number of amides is 1. The van der Waals surface area contributed by atoms with Crippen LogP contribution in [0.25, 0.3) is 10.9 Å². The van der Waals surface area contributed by atoms with Crippen molar-refractivity contribution in [3.8, 4) is 11.5 Å². The van der Waals surface area contributed by atoms with Gasteiger partial charge in [0, 0.05) is 10.9 Å². The lowest BCUT2D eigenvalue weighted by molar-refractivity contribution is 0.102. The number of hydrogen-bond acceptors (Lipinski definition) is 4. The van der Waals surface area contributed by atoms with Gasteiger partial charge in [0.2, 0.25) is 0 Å². The first-order valence-electron chi connectivity index (χ1n) is 8.83. The number of fused-ring (bicyclic) bond motifs is 1. The van der Waals surface area contributed by atoms with E-state index in [0.717, 1.165) is 22.2 Å². The summed E-state index contributed by atoms with van der Waals surface area (Å²) in [7, 11) is 1.64. The normalized spacial score (nSPS) is 10.6. The summed E-state index contributed by atoms with van der Waals surface area (Å²) in [6, 6.07) is 22.4. The fourth-order valence-electron chi connectivity index (χ4n) is 2.88. The zero-order chi connectivity index (χ0) is 19.3. The number of anilines is 1. The van der Waals surface area contributed by atoms with Crippen molar-refractivity contribution in [1.29, 1.82) is 0 Å². The zero-order valence-electron chi connectivity index (χ0n) is 15.3. The first-order chi connectivity index (χ1) is 13.7. The van der Waals surface area contributed by atoms with Gasteiger partial charge < -0.3 is 14.8 Å². The van der Waals surface area contributed by atoms with E-state index in [1.54, 1.807) is 19.2 Å². The Kier molecular flexibility index (Phi) is 4.93. The smallest absolute Gasteiger partial charge is 0.256 e. The van der Waals surface area contributed by atoms with Gasteiger partial charge in [0.1, 0.15) is 18.1 Å². The molecule has 1 heterocycles. The minimum Gasteiger partial charge on any atom is -0.497 e. The molecule has 0 aliphatic heterocycles. The Balaban J connectivity index is 1.51. The number of nitrogens with one attached hydrogen (secondary N) is 2. The fraction of sp³-hybridized carbons (Fsp3) is 0.0909. The number of carbonyl (C=O) groups excluding carboxylic acids is 1. The maximum atomic E-state index is 12.4. The summed E-state index contributed by atoms with van der Waals surface area (Å²) < 4.78 is 11.1. The highest BCUT2D eigenvalue weighted by Crippen LogP contribution is 2.26. The van der Waals surface area contributed by atoms with Crippen molar-refractivity contribution in [3.63, 3.8) is 0 Å². The van der Waals surface area contributed by atoms with Crippen LogP contribution in [0.1, 0.15) is 15.9 Å². The molecule has 0 aliphatic carbocycles. The van der Waals surface area contributed by atoms with Crippen LogP contribution in [0.2, 0.25) is 0 Å². The van der Waals surface area contributed by atoms with Crippen LogP contribution in [0.15, 0.2) is 72.8 Å². The van der Waals surface area contributed by atoms with Gasteiger partial charge >= 0.3 is 0 Å². The highest BCUT2D eigenvalue weighted by Gasteiger charge is 2.12. The van der Waals surface area contributed by atoms with E-state index < -0.39 is 0 Å². The van der Waals surface area contributed by atoms with Crippen LogP contribution < -0.4 is 14.8 Å². The average Bonchev–Trinajstić information content (AvgIpc) is 3.15. The molecule has 4 aromatic rings. The van der Waals surface area contributed by atoms with Crippen molar-refractivity contribution < 1.29 is 14.3 Å². The van der Waals surface area contributed by atoms with Gasteiger partial charge in [0.15, 0.2) is 5.82 Å². The number of H-pyrrole nitrogens is 1. The van der Waals surface area contributed by atoms with Gasteiger partial charge in [-0.1, -0.05) is 30.3 Å². The maximum absolute atomic E-state index is 12.4. The van der Waals surface area contributed by atoms with E-state index in [2.05, 4.69) is 15.5 Å². The first kappa shape index (κ1) is 17.6. The highest BCUT2D eigenvalue weighted by atomic mass is 16.5. The van der Waals surface area contributed by atoms with Crippen LogP contribution in [0.4, 0.5) is 5.82 Å². The number of ether oxygens (including phenoxy) is 2. The lowest BCUT2D eigenvalue weighted by atomic mass is 10.2. The van der Waals surface area contributed by atoms with E-state index in [9.17, 15) is 4.79 Å². The summed E-state index contributed by atoms with van der Waals surface area (Å²) in [5.41, 5.74) is 2.39. The second-order valence-electron chi connectivity index (χ2n) is 6.24. The van der Waals surface area contributed by atoms with Gasteiger partial charge in [0.25, 0.3) is 5.91 Å². The molecule has 28 heavy (non-hydrogen) atoms. The SMILES string of the molecule is COc1cccc(COc2ccc3[nH]nc(NC(=O)c4ccccc4)c3c2)c1. The Morgan fingerprint density at radius 1 is 1.00 bits per heavy atom. The summed E-state index contributed by atoms with van der Waals surface area (Å²) in [5.74, 6) is 1.73. The van der Waals surface area contributed by atoms with Gasteiger partial charge in [-0.25, -0.2) is 0 Å². The van der Waals surface area contributed by atoms with Crippen molar-refractivity contribution >= 4 is 22.6 Å². The molecule has 0 radical (unpaired) electrons. The molecule has 6 heteroatoms. The van der Waals surface area contributed by atoms with E-state index >= 15 is 0 Å². The minimum absolute atomic E-state index is 0.211. The fourth-order valence-corrected chi connectivity index (χ4v) is 2.88. The molecule has 3 aromatic carbocycles. The van der Waals surface area contributed by atoms with Gasteiger partial charge in [-0.2, -0.15) is 5.10 Å². The topological polar surface area (TPSA) is 76.2 Å². The Morgan fingerprint density at radius 3 is 2.68 bits per heavy atom. The standard InChI is InChI=1S/C22H19N3O3/c1-27-17-9-5-6-15(12-17)14-28-18-10-11-20-19(13-18)21(25-24-20)23-22(26)16-7-3-2-4-8-16/h2-13H,14H2,1H3,(H2,23,24,25,26). The van der Waals surface area contributed by atoms with E-state index in [4.69, 9.17) is 9.47 Å². The molecule has 0 fully saturated rings. The lowest BCUT2D eigenvalue weighted by Crippen LogP contribution is -2.12. The molecule has 0 saturated carbocycles. The minimum atomic E-state index is -0.211. The van der Waals surface area contributed by atoms with E-state index in [0.29, 0.717) is 23.7 Å². The third-order valence-electron chi connectivity index (χ3n) is 4.34. The van der Waals surface area contributed by atoms with Gasteiger partial charge in [-0.3, -0.25) is 9.89 Å². The Hall–Kier alpha value is -3.80.